The van der Waals surface area contributed by atoms with E-state index in [-0.39, 0.29) is 12.1 Å². The third-order valence-electron chi connectivity index (χ3n) is 2.96. The van der Waals surface area contributed by atoms with Crippen LogP contribution in [0.25, 0.3) is 0 Å². The van der Waals surface area contributed by atoms with E-state index in [0.717, 1.165) is 35.1 Å². The van der Waals surface area contributed by atoms with Gasteiger partial charge in [0.15, 0.2) is 0 Å². The monoisotopic (exact) mass is 251 g/mol. The van der Waals surface area contributed by atoms with Crippen LogP contribution < -0.4 is 10.4 Å². The normalized spacial score (nSPS) is 15.7. The fourth-order valence-corrected chi connectivity index (χ4v) is 2.19. The highest BCUT2D eigenvalue weighted by atomic mass is 16.6. The van der Waals surface area contributed by atoms with Crippen LogP contribution in [-0.2, 0) is 6.42 Å². The molecule has 0 radical (unpaired) electrons. The molecule has 1 aromatic rings. The second kappa shape index (κ2) is 4.76. The zero-order chi connectivity index (χ0) is 13.3. The summed E-state index contributed by atoms with van der Waals surface area (Å²) in [5.41, 5.74) is 5.69. The highest BCUT2D eigenvalue weighted by Crippen LogP contribution is 2.38. The van der Waals surface area contributed by atoms with Crippen molar-refractivity contribution < 1.29 is 10.3 Å². The van der Waals surface area contributed by atoms with E-state index in [4.69, 9.17) is 5.11 Å². The van der Waals surface area contributed by atoms with Crippen molar-refractivity contribution in [1.29, 1.82) is 0 Å². The molecule has 0 spiro atoms. The van der Waals surface area contributed by atoms with Crippen molar-refractivity contribution in [2.24, 2.45) is 0 Å². The highest BCUT2D eigenvalue weighted by Gasteiger charge is 2.34. The van der Waals surface area contributed by atoms with Crippen LogP contribution in [0.2, 0.25) is 0 Å². The molecule has 0 unspecified atom stereocenters. The third kappa shape index (κ3) is 2.43. The van der Waals surface area contributed by atoms with E-state index < -0.39 is 0 Å². The smallest absolute Gasteiger partial charge is 0.0818 e. The molecule has 0 atom stereocenters. The molecular weight excluding hydrogens is 230 g/mol. The maximum absolute atomic E-state index is 9.92. The van der Waals surface area contributed by atoms with E-state index in [9.17, 15) is 5.21 Å². The van der Waals surface area contributed by atoms with Crippen molar-refractivity contribution in [1.82, 2.24) is 5.28 Å². The Hall–Kier alpha value is -1.30. The van der Waals surface area contributed by atoms with Crippen molar-refractivity contribution in [3.05, 3.63) is 23.8 Å². The van der Waals surface area contributed by atoms with Crippen LogP contribution in [0.3, 0.4) is 0 Å². The SMILES string of the molecule is CC(C)(C)N1c2cc(CCCO)ccc2NN1O. The van der Waals surface area contributed by atoms with E-state index in [1.54, 1.807) is 0 Å². The molecule has 0 amide bonds. The summed E-state index contributed by atoms with van der Waals surface area (Å²) in [4.78, 5) is 0. The molecule has 0 aromatic heterocycles. The van der Waals surface area contributed by atoms with E-state index in [1.807, 2.05) is 37.9 Å². The van der Waals surface area contributed by atoms with Crippen molar-refractivity contribution in [3.63, 3.8) is 0 Å². The second-order valence-electron chi connectivity index (χ2n) is 5.56. The summed E-state index contributed by atoms with van der Waals surface area (Å²) in [6, 6.07) is 6.03. The Morgan fingerprint density at radius 1 is 1.28 bits per heavy atom. The molecule has 1 heterocycles. The minimum atomic E-state index is -0.220. The molecule has 5 nitrogen and oxygen atoms in total. The Labute approximate surface area is 108 Å². The number of hydrazine groups is 2. The molecule has 100 valence electrons. The summed E-state index contributed by atoms with van der Waals surface area (Å²) in [6.45, 7) is 6.30. The molecule has 5 heteroatoms. The molecular formula is C13H21N3O2. The molecule has 0 aliphatic carbocycles. The average Bonchev–Trinajstić information content (AvgIpc) is 2.60. The van der Waals surface area contributed by atoms with Gasteiger partial charge in [-0.25, -0.2) is 0 Å². The van der Waals surface area contributed by atoms with Crippen LogP contribution in [-0.4, -0.2) is 27.7 Å². The van der Waals surface area contributed by atoms with Crippen LogP contribution >= 0.6 is 0 Å². The minimum Gasteiger partial charge on any atom is -0.396 e. The van der Waals surface area contributed by atoms with Gasteiger partial charge in [-0.3, -0.25) is 15.6 Å². The number of hydrogen-bond donors (Lipinski definition) is 3. The van der Waals surface area contributed by atoms with Gasteiger partial charge in [0, 0.05) is 6.61 Å². The maximum Gasteiger partial charge on any atom is 0.0818 e. The standard InChI is InChI=1S/C13H21N3O2/c1-13(2,3)15-12-9-10(5-4-8-17)6-7-11(12)14-16(15)18/h6-7,9,14,17-18H,4-5,8H2,1-3H3. The van der Waals surface area contributed by atoms with Gasteiger partial charge in [0.25, 0.3) is 0 Å². The molecule has 1 aliphatic rings. The van der Waals surface area contributed by atoms with Crippen molar-refractivity contribution in [2.75, 3.05) is 17.0 Å². The Balaban J connectivity index is 2.31. The van der Waals surface area contributed by atoms with Crippen LogP contribution in [0, 0.1) is 0 Å². The van der Waals surface area contributed by atoms with E-state index in [1.165, 1.54) is 0 Å². The molecule has 18 heavy (non-hydrogen) atoms. The first-order chi connectivity index (χ1) is 8.43. The van der Waals surface area contributed by atoms with Gasteiger partial charge >= 0.3 is 0 Å². The zero-order valence-electron chi connectivity index (χ0n) is 11.1. The summed E-state index contributed by atoms with van der Waals surface area (Å²) in [7, 11) is 0. The third-order valence-corrected chi connectivity index (χ3v) is 2.96. The first kappa shape index (κ1) is 13.1. The lowest BCUT2D eigenvalue weighted by atomic mass is 10.0. The number of aryl methyl sites for hydroxylation is 1. The summed E-state index contributed by atoms with van der Waals surface area (Å²) >= 11 is 0. The zero-order valence-corrected chi connectivity index (χ0v) is 11.1. The number of rotatable bonds is 3. The summed E-state index contributed by atoms with van der Waals surface area (Å²) in [5.74, 6) is 0. The van der Waals surface area contributed by atoms with Crippen LogP contribution in [0.1, 0.15) is 32.8 Å². The van der Waals surface area contributed by atoms with E-state index in [2.05, 4.69) is 11.5 Å². The van der Waals surface area contributed by atoms with Crippen LogP contribution in [0.5, 0.6) is 0 Å². The van der Waals surface area contributed by atoms with Crippen LogP contribution in [0.15, 0.2) is 18.2 Å². The lowest BCUT2D eigenvalue weighted by molar-refractivity contribution is -0.0854. The number of hydrogen-bond acceptors (Lipinski definition) is 5. The average molecular weight is 251 g/mol. The predicted octanol–water partition coefficient (Wildman–Crippen LogP) is 2.16. The molecule has 1 aromatic carbocycles. The highest BCUT2D eigenvalue weighted by molar-refractivity contribution is 5.74. The molecule has 0 fully saturated rings. The maximum atomic E-state index is 9.92. The summed E-state index contributed by atoms with van der Waals surface area (Å²) < 4.78 is 0. The first-order valence-corrected chi connectivity index (χ1v) is 6.23. The topological polar surface area (TPSA) is 59.0 Å². The fraction of sp³-hybridized carbons (Fsp3) is 0.538. The van der Waals surface area contributed by atoms with Gasteiger partial charge in [0.05, 0.1) is 16.9 Å². The van der Waals surface area contributed by atoms with E-state index in [0.29, 0.717) is 0 Å². The number of nitrogens with zero attached hydrogens (tertiary/aromatic N) is 2. The van der Waals surface area contributed by atoms with Gasteiger partial charge in [-0.05, 0) is 56.6 Å². The number of benzene rings is 1. The lowest BCUT2D eigenvalue weighted by Gasteiger charge is -2.36. The molecule has 0 saturated heterocycles. The molecule has 2 rings (SSSR count). The van der Waals surface area contributed by atoms with Crippen molar-refractivity contribution in [3.8, 4) is 0 Å². The molecule has 1 aliphatic heterocycles. The Morgan fingerprint density at radius 2 is 2.00 bits per heavy atom. The number of aliphatic hydroxyl groups is 1. The Bertz CT molecular complexity index is 429. The Kier molecular flexibility index (Phi) is 3.47. The fourth-order valence-electron chi connectivity index (χ4n) is 2.19. The van der Waals surface area contributed by atoms with Crippen LogP contribution in [0.4, 0.5) is 11.4 Å². The van der Waals surface area contributed by atoms with Gasteiger partial charge in [0.1, 0.15) is 0 Å². The number of nitrogens with one attached hydrogen (secondary N) is 1. The minimum absolute atomic E-state index is 0.199. The van der Waals surface area contributed by atoms with E-state index >= 15 is 0 Å². The van der Waals surface area contributed by atoms with Gasteiger partial charge in [-0.15, -0.1) is 0 Å². The number of fused-ring (bicyclic) bond motifs is 1. The van der Waals surface area contributed by atoms with Gasteiger partial charge in [-0.2, -0.15) is 0 Å². The first-order valence-electron chi connectivity index (χ1n) is 6.23. The number of aliphatic hydroxyl groups excluding tert-OH is 1. The lowest BCUT2D eigenvalue weighted by Crippen LogP contribution is -2.50. The second-order valence-corrected chi connectivity index (χ2v) is 5.56. The molecule has 0 bridgehead atoms. The van der Waals surface area contributed by atoms with Gasteiger partial charge < -0.3 is 5.11 Å². The van der Waals surface area contributed by atoms with Crippen molar-refractivity contribution >= 4 is 11.4 Å². The van der Waals surface area contributed by atoms with Gasteiger partial charge in [0.2, 0.25) is 0 Å². The summed E-state index contributed by atoms with van der Waals surface area (Å²) in [6.07, 6.45) is 1.60. The van der Waals surface area contributed by atoms with Crippen molar-refractivity contribution in [2.45, 2.75) is 39.2 Å². The summed E-state index contributed by atoms with van der Waals surface area (Å²) in [5, 5.41) is 21.6. The largest absolute Gasteiger partial charge is 0.396 e. The number of anilines is 2. The molecule has 3 N–H and O–H groups in total. The Morgan fingerprint density at radius 3 is 2.61 bits per heavy atom. The predicted molar refractivity (Wildman–Crippen MR) is 71.3 cm³/mol. The van der Waals surface area contributed by atoms with Gasteiger partial charge in [-0.1, -0.05) is 6.07 Å². The molecule has 0 saturated carbocycles. The quantitative estimate of drug-likeness (QED) is 0.768.